The van der Waals surface area contributed by atoms with E-state index < -0.39 is 5.41 Å². The first-order chi connectivity index (χ1) is 4.68. The van der Waals surface area contributed by atoms with Crippen LogP contribution in [0.3, 0.4) is 0 Å². The lowest BCUT2D eigenvalue weighted by atomic mass is 9.88. The molecular formula is C7H15FO2. The van der Waals surface area contributed by atoms with E-state index in [0.717, 1.165) is 0 Å². The summed E-state index contributed by atoms with van der Waals surface area (Å²) in [6.07, 6.45) is 0.952. The van der Waals surface area contributed by atoms with Gasteiger partial charge in [0, 0.05) is 5.41 Å². The van der Waals surface area contributed by atoms with Gasteiger partial charge < -0.3 is 10.2 Å². The first-order valence-corrected chi connectivity index (χ1v) is 3.46. The molecule has 0 aliphatic rings. The average Bonchev–Trinajstić information content (AvgIpc) is 2.00. The highest BCUT2D eigenvalue weighted by Gasteiger charge is 2.21. The minimum Gasteiger partial charge on any atom is -0.396 e. The third kappa shape index (κ3) is 3.13. The van der Waals surface area contributed by atoms with Crippen LogP contribution in [-0.2, 0) is 0 Å². The Kier molecular flexibility index (Phi) is 4.56. The van der Waals surface area contributed by atoms with E-state index in [1.54, 1.807) is 6.92 Å². The van der Waals surface area contributed by atoms with Crippen molar-refractivity contribution in [3.05, 3.63) is 0 Å². The maximum Gasteiger partial charge on any atom is 0.0894 e. The van der Waals surface area contributed by atoms with Crippen LogP contribution in [0.15, 0.2) is 0 Å². The van der Waals surface area contributed by atoms with Gasteiger partial charge in [0.25, 0.3) is 0 Å². The Morgan fingerprint density at radius 2 is 1.80 bits per heavy atom. The predicted molar refractivity (Wildman–Crippen MR) is 37.5 cm³/mol. The van der Waals surface area contributed by atoms with Crippen molar-refractivity contribution >= 4 is 0 Å². The number of hydrogen-bond acceptors (Lipinski definition) is 2. The van der Waals surface area contributed by atoms with Crippen LogP contribution in [0, 0.1) is 5.41 Å². The second kappa shape index (κ2) is 4.63. The van der Waals surface area contributed by atoms with E-state index in [-0.39, 0.29) is 19.9 Å². The molecule has 0 aromatic heterocycles. The van der Waals surface area contributed by atoms with Crippen molar-refractivity contribution in [2.75, 3.05) is 19.9 Å². The zero-order valence-corrected chi connectivity index (χ0v) is 6.31. The largest absolute Gasteiger partial charge is 0.396 e. The molecule has 3 heteroatoms. The molecule has 0 spiro atoms. The Morgan fingerprint density at radius 1 is 1.30 bits per heavy atom. The van der Waals surface area contributed by atoms with Crippen molar-refractivity contribution in [2.45, 2.75) is 19.8 Å². The van der Waals surface area contributed by atoms with Gasteiger partial charge in [-0.1, -0.05) is 6.92 Å². The molecule has 0 aromatic carbocycles. The summed E-state index contributed by atoms with van der Waals surface area (Å²) in [5, 5.41) is 17.5. The summed E-state index contributed by atoms with van der Waals surface area (Å²) in [6, 6.07) is 0. The molecule has 0 rings (SSSR count). The number of aliphatic hydroxyl groups is 2. The summed E-state index contributed by atoms with van der Waals surface area (Å²) in [7, 11) is 0. The van der Waals surface area contributed by atoms with Crippen LogP contribution >= 0.6 is 0 Å². The van der Waals surface area contributed by atoms with Gasteiger partial charge in [-0.25, -0.2) is 0 Å². The maximum atomic E-state index is 11.6. The zero-order valence-electron chi connectivity index (χ0n) is 6.31. The van der Waals surface area contributed by atoms with Crippen LogP contribution in [0.2, 0.25) is 0 Å². The van der Waals surface area contributed by atoms with E-state index in [1.807, 2.05) is 0 Å². The number of rotatable bonds is 5. The van der Waals surface area contributed by atoms with Crippen molar-refractivity contribution < 1.29 is 14.6 Å². The smallest absolute Gasteiger partial charge is 0.0894 e. The lowest BCUT2D eigenvalue weighted by molar-refractivity contribution is 0.0596. The Labute approximate surface area is 60.7 Å². The van der Waals surface area contributed by atoms with Crippen molar-refractivity contribution in [3.63, 3.8) is 0 Å². The van der Waals surface area contributed by atoms with Crippen molar-refractivity contribution in [1.82, 2.24) is 0 Å². The van der Waals surface area contributed by atoms with Gasteiger partial charge in [0.05, 0.1) is 19.9 Å². The van der Waals surface area contributed by atoms with Crippen LogP contribution < -0.4 is 0 Å². The number of alkyl halides is 1. The quantitative estimate of drug-likeness (QED) is 0.606. The molecule has 0 radical (unpaired) electrons. The number of aliphatic hydroxyl groups excluding tert-OH is 2. The summed E-state index contributed by atoms with van der Waals surface area (Å²) in [5.41, 5.74) is -0.494. The van der Waals surface area contributed by atoms with E-state index in [9.17, 15) is 4.39 Å². The Morgan fingerprint density at radius 3 is 2.10 bits per heavy atom. The summed E-state index contributed by atoms with van der Waals surface area (Å²) in [4.78, 5) is 0. The maximum absolute atomic E-state index is 11.6. The molecule has 0 unspecified atom stereocenters. The van der Waals surface area contributed by atoms with Crippen molar-refractivity contribution in [2.24, 2.45) is 5.41 Å². The minimum absolute atomic E-state index is 0.0799. The van der Waals surface area contributed by atoms with Crippen molar-refractivity contribution in [1.29, 1.82) is 0 Å². The van der Waals surface area contributed by atoms with Crippen LogP contribution in [0.5, 0.6) is 0 Å². The molecule has 2 N–H and O–H groups in total. The van der Waals surface area contributed by atoms with Gasteiger partial charge in [-0.15, -0.1) is 0 Å². The molecule has 2 nitrogen and oxygen atoms in total. The van der Waals surface area contributed by atoms with Gasteiger partial charge >= 0.3 is 0 Å². The Hall–Kier alpha value is -0.150. The summed E-state index contributed by atoms with van der Waals surface area (Å²) >= 11 is 0. The fourth-order valence-corrected chi connectivity index (χ4v) is 0.702. The molecule has 0 aromatic rings. The predicted octanol–water partition coefficient (Wildman–Crippen LogP) is 0.727. The van der Waals surface area contributed by atoms with E-state index in [1.165, 1.54) is 0 Å². The molecule has 10 heavy (non-hydrogen) atoms. The fourth-order valence-electron chi connectivity index (χ4n) is 0.702. The molecule has 0 saturated carbocycles. The van der Waals surface area contributed by atoms with Gasteiger partial charge in [0.2, 0.25) is 0 Å². The Bertz CT molecular complexity index is 81.7. The summed E-state index contributed by atoms with van der Waals surface area (Å²) in [6.45, 7) is 1.20. The van der Waals surface area contributed by atoms with E-state index in [4.69, 9.17) is 10.2 Å². The molecule has 0 atom stereocenters. The van der Waals surface area contributed by atoms with E-state index in [2.05, 4.69) is 0 Å². The highest BCUT2D eigenvalue weighted by molar-refractivity contribution is 4.71. The fraction of sp³-hybridized carbons (Fsp3) is 1.00. The third-order valence-corrected chi connectivity index (χ3v) is 1.68. The summed E-state index contributed by atoms with van der Waals surface area (Å²) < 4.78 is 11.6. The van der Waals surface area contributed by atoms with Gasteiger partial charge in [-0.05, 0) is 12.8 Å². The zero-order chi connectivity index (χ0) is 8.04. The molecule has 0 aliphatic carbocycles. The normalized spacial score (nSPS) is 12.0. The third-order valence-electron chi connectivity index (χ3n) is 1.68. The lowest BCUT2D eigenvalue weighted by Crippen LogP contribution is -2.25. The summed E-state index contributed by atoms with van der Waals surface area (Å²) in [5.74, 6) is 0. The Balaban J connectivity index is 3.58. The van der Waals surface area contributed by atoms with Gasteiger partial charge in [0.15, 0.2) is 0 Å². The molecule has 0 saturated heterocycles. The van der Waals surface area contributed by atoms with Gasteiger partial charge in [0.1, 0.15) is 0 Å². The highest BCUT2D eigenvalue weighted by Crippen LogP contribution is 2.21. The molecular weight excluding hydrogens is 135 g/mol. The number of halogens is 1. The van der Waals surface area contributed by atoms with Crippen LogP contribution in [0.25, 0.3) is 0 Å². The van der Waals surface area contributed by atoms with Crippen LogP contribution in [0.1, 0.15) is 19.8 Å². The monoisotopic (exact) mass is 150 g/mol. The van der Waals surface area contributed by atoms with E-state index in [0.29, 0.717) is 12.8 Å². The standard InChI is InChI=1S/C7H15FO2/c1-7(5-9,6-10)3-2-4-8/h9-10H,2-6H2,1H3. The number of hydrogen-bond donors (Lipinski definition) is 2. The lowest BCUT2D eigenvalue weighted by Gasteiger charge is -2.23. The molecule has 0 fully saturated rings. The molecule has 0 bridgehead atoms. The van der Waals surface area contributed by atoms with Crippen LogP contribution in [-0.4, -0.2) is 30.1 Å². The average molecular weight is 150 g/mol. The molecule has 0 heterocycles. The molecule has 0 aliphatic heterocycles. The van der Waals surface area contributed by atoms with E-state index >= 15 is 0 Å². The second-order valence-electron chi connectivity index (χ2n) is 2.92. The topological polar surface area (TPSA) is 40.5 Å². The van der Waals surface area contributed by atoms with Gasteiger partial charge in [-0.2, -0.15) is 0 Å². The first kappa shape index (κ1) is 9.85. The molecule has 0 amide bonds. The van der Waals surface area contributed by atoms with Crippen molar-refractivity contribution in [3.8, 4) is 0 Å². The molecule has 62 valence electrons. The van der Waals surface area contributed by atoms with Gasteiger partial charge in [-0.3, -0.25) is 4.39 Å². The SMILES string of the molecule is CC(CO)(CO)CCCF. The first-order valence-electron chi connectivity index (χ1n) is 3.46. The minimum atomic E-state index is -0.494. The highest BCUT2D eigenvalue weighted by atomic mass is 19.1. The van der Waals surface area contributed by atoms with Crippen LogP contribution in [0.4, 0.5) is 4.39 Å². The second-order valence-corrected chi connectivity index (χ2v) is 2.92.